The van der Waals surface area contributed by atoms with E-state index in [0.29, 0.717) is 24.0 Å². The van der Waals surface area contributed by atoms with Crippen molar-refractivity contribution in [3.05, 3.63) is 95.1 Å². The van der Waals surface area contributed by atoms with E-state index in [9.17, 15) is 27.9 Å². The number of carbonyl (C=O) groups excluding carboxylic acids is 2. The predicted molar refractivity (Wildman–Crippen MR) is 184 cm³/mol. The Kier molecular flexibility index (Phi) is 11.8. The Bertz CT molecular complexity index is 1640. The molecule has 6 rings (SSSR count). The minimum atomic E-state index is -5.03. The molecule has 3 heterocycles. The lowest BCUT2D eigenvalue weighted by molar-refractivity contribution is -0.276. The molecule has 3 aromatic carbocycles. The standard InChI is InChI=1S/C39H46F3N3O6/c1-25-34(22-44-19-5-8-31(44)24-49-2)50-37(51-35(25)28-13-11-26(23-46)12-14-28)29-17-15-27(16-18-29)32-9-4-3-7-30(32)21-43-36(47)33-10-6-20-45(33)38(48)39(40,41)42/h3-4,7,9,11-18,25,31,33-35,37,46H,5-6,8,10,19-24H2,1-2H3,(H,43,47)/t25-,31+,33+,34+,35+,37+/m1/s1. The van der Waals surface area contributed by atoms with Crippen molar-refractivity contribution in [1.29, 1.82) is 0 Å². The summed E-state index contributed by atoms with van der Waals surface area (Å²) in [5, 5.41) is 12.4. The van der Waals surface area contributed by atoms with Crippen LogP contribution in [0.25, 0.3) is 11.1 Å². The number of ether oxygens (including phenoxy) is 3. The second-order valence-electron chi connectivity index (χ2n) is 13.7. The van der Waals surface area contributed by atoms with Crippen LogP contribution in [0.5, 0.6) is 0 Å². The average Bonchev–Trinajstić information content (AvgIpc) is 3.81. The van der Waals surface area contributed by atoms with Crippen molar-refractivity contribution in [2.75, 3.05) is 33.4 Å². The van der Waals surface area contributed by atoms with Crippen LogP contribution in [0.3, 0.4) is 0 Å². The maximum atomic E-state index is 13.1. The third kappa shape index (κ3) is 8.47. The molecule has 6 atom stereocenters. The Labute approximate surface area is 296 Å². The number of benzene rings is 3. The molecule has 3 saturated heterocycles. The van der Waals surface area contributed by atoms with E-state index >= 15 is 0 Å². The summed E-state index contributed by atoms with van der Waals surface area (Å²) in [5.74, 6) is -2.53. The number of methoxy groups -OCH3 is 1. The predicted octanol–water partition coefficient (Wildman–Crippen LogP) is 5.92. The van der Waals surface area contributed by atoms with Crippen LogP contribution < -0.4 is 5.32 Å². The van der Waals surface area contributed by atoms with E-state index < -0.39 is 30.3 Å². The summed E-state index contributed by atoms with van der Waals surface area (Å²) < 4.78 is 58.2. The van der Waals surface area contributed by atoms with Crippen LogP contribution in [0.2, 0.25) is 0 Å². The number of alkyl halides is 3. The fourth-order valence-corrected chi connectivity index (χ4v) is 7.60. The molecule has 9 nitrogen and oxygen atoms in total. The number of hydrogen-bond donors (Lipinski definition) is 2. The SMILES string of the molecule is COC[C@@H]1CCCN1C[C@@H]1O[C@H](c2ccc(-c3ccccc3CNC(=O)[C@@H]3CCCN3C(=O)C(F)(F)F)cc2)O[C@H](c2ccc(CO)cc2)[C@@H]1C. The molecule has 0 bridgehead atoms. The monoisotopic (exact) mass is 709 g/mol. The van der Waals surface area contributed by atoms with Crippen LogP contribution in [0, 0.1) is 5.92 Å². The Balaban J connectivity index is 1.18. The fourth-order valence-electron chi connectivity index (χ4n) is 7.60. The van der Waals surface area contributed by atoms with Crippen molar-refractivity contribution in [2.24, 2.45) is 5.92 Å². The molecular formula is C39H46F3N3O6. The molecule has 0 radical (unpaired) electrons. The van der Waals surface area contributed by atoms with Crippen LogP contribution in [0.15, 0.2) is 72.8 Å². The maximum absolute atomic E-state index is 13.1. The second kappa shape index (κ2) is 16.2. The first kappa shape index (κ1) is 37.0. The molecule has 0 spiro atoms. The van der Waals surface area contributed by atoms with Crippen LogP contribution in [0.1, 0.15) is 67.3 Å². The lowest BCUT2D eigenvalue weighted by Crippen LogP contribution is -2.50. The minimum absolute atomic E-state index is 0.0322. The van der Waals surface area contributed by atoms with E-state index in [0.717, 1.165) is 59.3 Å². The number of nitrogens with zero attached hydrogens (tertiary/aromatic N) is 2. The Morgan fingerprint density at radius 3 is 2.35 bits per heavy atom. The van der Waals surface area contributed by atoms with E-state index in [2.05, 4.69) is 17.1 Å². The summed E-state index contributed by atoms with van der Waals surface area (Å²) in [6, 6.07) is 22.4. The average molecular weight is 710 g/mol. The highest BCUT2D eigenvalue weighted by molar-refractivity contribution is 5.90. The molecule has 0 unspecified atom stereocenters. The smallest absolute Gasteiger partial charge is 0.392 e. The van der Waals surface area contributed by atoms with Gasteiger partial charge in [-0.1, -0.05) is 79.7 Å². The Morgan fingerprint density at radius 1 is 0.941 bits per heavy atom. The lowest BCUT2D eigenvalue weighted by atomic mass is 9.89. The van der Waals surface area contributed by atoms with E-state index in [1.807, 2.05) is 72.8 Å². The van der Waals surface area contributed by atoms with Gasteiger partial charge in [0.1, 0.15) is 6.04 Å². The molecule has 3 aliphatic rings. The van der Waals surface area contributed by atoms with Gasteiger partial charge in [-0.15, -0.1) is 0 Å². The lowest BCUT2D eigenvalue weighted by Gasteiger charge is -2.43. The van der Waals surface area contributed by atoms with E-state index in [-0.39, 0.29) is 44.2 Å². The maximum Gasteiger partial charge on any atom is 0.471 e. The molecule has 274 valence electrons. The minimum Gasteiger partial charge on any atom is -0.392 e. The third-order valence-electron chi connectivity index (χ3n) is 10.4. The zero-order valence-electron chi connectivity index (χ0n) is 29.0. The molecule has 3 fully saturated rings. The van der Waals surface area contributed by atoms with Crippen LogP contribution in [0.4, 0.5) is 13.2 Å². The molecule has 2 N–H and O–H groups in total. The van der Waals surface area contributed by atoms with Crippen LogP contribution in [-0.2, 0) is 37.0 Å². The number of likely N-dealkylation sites (tertiary alicyclic amines) is 2. The first-order valence-electron chi connectivity index (χ1n) is 17.6. The summed E-state index contributed by atoms with van der Waals surface area (Å²) >= 11 is 0. The highest BCUT2D eigenvalue weighted by atomic mass is 19.4. The van der Waals surface area contributed by atoms with Crippen molar-refractivity contribution < 1.29 is 42.1 Å². The van der Waals surface area contributed by atoms with Gasteiger partial charge in [0, 0.05) is 44.3 Å². The molecule has 2 amide bonds. The zero-order valence-corrected chi connectivity index (χ0v) is 29.0. The zero-order chi connectivity index (χ0) is 36.1. The van der Waals surface area contributed by atoms with E-state index in [1.54, 1.807) is 7.11 Å². The highest BCUT2D eigenvalue weighted by Crippen LogP contribution is 2.42. The molecule has 0 aliphatic carbocycles. The van der Waals surface area contributed by atoms with E-state index in [1.165, 1.54) is 0 Å². The first-order valence-corrected chi connectivity index (χ1v) is 17.6. The number of nitrogens with one attached hydrogen (secondary N) is 1. The van der Waals surface area contributed by atoms with Gasteiger partial charge in [0.2, 0.25) is 5.91 Å². The fraction of sp³-hybridized carbons (Fsp3) is 0.487. The van der Waals surface area contributed by atoms with Gasteiger partial charge in [0.25, 0.3) is 0 Å². The van der Waals surface area contributed by atoms with Gasteiger partial charge in [0.15, 0.2) is 6.29 Å². The normalized spacial score (nSPS) is 25.6. The molecule has 0 saturated carbocycles. The highest BCUT2D eigenvalue weighted by Gasteiger charge is 2.47. The number of aliphatic hydroxyl groups excluding tert-OH is 1. The van der Waals surface area contributed by atoms with Gasteiger partial charge < -0.3 is 29.5 Å². The number of amides is 2. The number of hydrogen-bond acceptors (Lipinski definition) is 7. The van der Waals surface area contributed by atoms with Crippen molar-refractivity contribution in [1.82, 2.24) is 15.1 Å². The largest absolute Gasteiger partial charge is 0.471 e. The third-order valence-corrected chi connectivity index (χ3v) is 10.4. The van der Waals surface area contributed by atoms with Gasteiger partial charge in [0.05, 0.1) is 25.4 Å². The summed E-state index contributed by atoms with van der Waals surface area (Å²) in [6.07, 6.45) is -3.29. The van der Waals surface area contributed by atoms with Gasteiger partial charge in [-0.05, 0) is 60.0 Å². The van der Waals surface area contributed by atoms with Gasteiger partial charge in [-0.25, -0.2) is 0 Å². The summed E-state index contributed by atoms with van der Waals surface area (Å²) in [4.78, 5) is 27.9. The number of halogens is 3. The Hall–Kier alpha value is -3.81. The van der Waals surface area contributed by atoms with Gasteiger partial charge in [-0.3, -0.25) is 14.5 Å². The first-order chi connectivity index (χ1) is 24.6. The summed E-state index contributed by atoms with van der Waals surface area (Å²) in [6.45, 7) is 4.53. The van der Waals surface area contributed by atoms with E-state index in [4.69, 9.17) is 14.2 Å². The summed E-state index contributed by atoms with van der Waals surface area (Å²) in [5.41, 5.74) is 5.23. The molecule has 0 aromatic heterocycles. The van der Waals surface area contributed by atoms with Crippen molar-refractivity contribution in [2.45, 2.75) is 82.5 Å². The molecule has 12 heteroatoms. The number of rotatable bonds is 11. The number of aliphatic hydroxyl groups is 1. The molecule has 3 aliphatic heterocycles. The Morgan fingerprint density at radius 2 is 1.65 bits per heavy atom. The van der Waals surface area contributed by atoms with Crippen LogP contribution in [-0.4, -0.2) is 84.4 Å². The molecular weight excluding hydrogens is 663 g/mol. The van der Waals surface area contributed by atoms with Crippen molar-refractivity contribution >= 4 is 11.8 Å². The van der Waals surface area contributed by atoms with Gasteiger partial charge in [-0.2, -0.15) is 13.2 Å². The molecule has 51 heavy (non-hydrogen) atoms. The quantitative estimate of drug-likeness (QED) is 0.255. The topological polar surface area (TPSA) is 101 Å². The molecule has 3 aromatic rings. The van der Waals surface area contributed by atoms with Crippen molar-refractivity contribution in [3.63, 3.8) is 0 Å². The number of carbonyl (C=O) groups is 2. The van der Waals surface area contributed by atoms with Gasteiger partial charge >= 0.3 is 12.1 Å². The summed E-state index contributed by atoms with van der Waals surface area (Å²) in [7, 11) is 1.74. The van der Waals surface area contributed by atoms with Crippen molar-refractivity contribution in [3.8, 4) is 11.1 Å². The van der Waals surface area contributed by atoms with Crippen LogP contribution >= 0.6 is 0 Å². The second-order valence-corrected chi connectivity index (χ2v) is 13.7.